The number of hydrogen-bond donors (Lipinski definition) is 3. The van der Waals surface area contributed by atoms with Crippen LogP contribution < -0.4 is 0 Å². The van der Waals surface area contributed by atoms with Crippen molar-refractivity contribution in [2.75, 3.05) is 33.0 Å². The van der Waals surface area contributed by atoms with Crippen LogP contribution in [-0.2, 0) is 47.4 Å². The molecular weight excluding hydrogens is 745 g/mol. The lowest BCUT2D eigenvalue weighted by atomic mass is 9.47. The fraction of sp³-hybridized carbons (Fsp3) is 0.929. The van der Waals surface area contributed by atoms with E-state index in [1.165, 1.54) is 0 Å². The number of carbonyl (C=O) groups excluding carboxylic acids is 3. The molecular formula is C42H60O13S. The molecule has 0 aromatic rings. The Bertz CT molecular complexity index is 1510. The molecule has 3 N–H and O–H groups in total. The minimum absolute atomic E-state index is 0.0278. The maximum Gasteiger partial charge on any atom is 0.312 e. The van der Waals surface area contributed by atoms with Crippen LogP contribution in [0.5, 0.6) is 0 Å². The van der Waals surface area contributed by atoms with E-state index in [4.69, 9.17) is 28.9 Å². The highest BCUT2D eigenvalue weighted by atomic mass is 32.2. The summed E-state index contributed by atoms with van der Waals surface area (Å²) in [6.07, 6.45) is 12.7. The van der Waals surface area contributed by atoms with Gasteiger partial charge in [0.05, 0.1) is 50.8 Å². The minimum Gasteiger partial charge on any atom is -0.464 e. The summed E-state index contributed by atoms with van der Waals surface area (Å²) < 4.78 is 36.4. The lowest BCUT2D eigenvalue weighted by molar-refractivity contribution is -0.432. The van der Waals surface area contributed by atoms with E-state index in [1.807, 2.05) is 13.8 Å². The van der Waals surface area contributed by atoms with Gasteiger partial charge in [0.2, 0.25) is 0 Å². The second-order valence-corrected chi connectivity index (χ2v) is 23.5. The lowest BCUT2D eigenvalue weighted by Gasteiger charge is -2.65. The van der Waals surface area contributed by atoms with Crippen LogP contribution in [0.4, 0.5) is 0 Å². The summed E-state index contributed by atoms with van der Waals surface area (Å²) in [5.74, 6) is -0.0459. The summed E-state index contributed by atoms with van der Waals surface area (Å²) in [4.78, 5) is 42.2. The highest BCUT2D eigenvalue weighted by Gasteiger charge is 2.69. The van der Waals surface area contributed by atoms with Gasteiger partial charge in [-0.25, -0.2) is 5.26 Å². The zero-order chi connectivity index (χ0) is 39.0. The fourth-order valence-electron chi connectivity index (χ4n) is 15.6. The Morgan fingerprint density at radius 3 is 1.52 bits per heavy atom. The molecule has 0 radical (unpaired) electrons. The van der Waals surface area contributed by atoms with Crippen molar-refractivity contribution in [1.29, 1.82) is 0 Å². The Balaban J connectivity index is 0.853. The minimum atomic E-state index is -0.941. The number of carbonyl (C=O) groups is 3. The van der Waals surface area contributed by atoms with E-state index in [-0.39, 0.29) is 62.8 Å². The first-order valence-corrected chi connectivity index (χ1v) is 22.1. The van der Waals surface area contributed by atoms with Gasteiger partial charge in [0, 0.05) is 23.9 Å². The van der Waals surface area contributed by atoms with Crippen molar-refractivity contribution in [3.63, 3.8) is 0 Å². The van der Waals surface area contributed by atoms with Gasteiger partial charge in [-0.3, -0.25) is 14.4 Å². The highest BCUT2D eigenvalue weighted by molar-refractivity contribution is 7.95. The lowest BCUT2D eigenvalue weighted by Crippen LogP contribution is -2.68. The smallest absolute Gasteiger partial charge is 0.312 e. The van der Waals surface area contributed by atoms with Crippen molar-refractivity contribution in [3.05, 3.63) is 0 Å². The SMILES string of the molecule is CC(C)(COC(=O)C12CC3CC(C1)C1(OCC(COC(=O)C45CC6CC(CC(O)(C6)C4)C5)(COC(=O)C45CC6CC(CC(O)(C6)C4)C5)CO1)C(C3)C2)SOOO. The third-order valence-electron chi connectivity index (χ3n) is 16.8. The highest BCUT2D eigenvalue weighted by Crippen LogP contribution is 2.67. The Morgan fingerprint density at radius 1 is 0.625 bits per heavy atom. The van der Waals surface area contributed by atoms with Crippen LogP contribution in [0.15, 0.2) is 0 Å². The number of rotatable bonds is 12. The zero-order valence-corrected chi connectivity index (χ0v) is 33.7. The van der Waals surface area contributed by atoms with Crippen LogP contribution >= 0.6 is 12.0 Å². The van der Waals surface area contributed by atoms with E-state index in [9.17, 15) is 24.6 Å². The molecule has 56 heavy (non-hydrogen) atoms. The molecule has 1 spiro atoms. The maximum absolute atomic E-state index is 14.2. The van der Waals surface area contributed by atoms with E-state index in [0.29, 0.717) is 55.3 Å². The van der Waals surface area contributed by atoms with E-state index < -0.39 is 43.4 Å². The summed E-state index contributed by atoms with van der Waals surface area (Å²) in [5.41, 5.74) is -4.56. The van der Waals surface area contributed by atoms with Crippen LogP contribution in [0.1, 0.15) is 123 Å². The third kappa shape index (κ3) is 6.31. The first-order chi connectivity index (χ1) is 26.5. The van der Waals surface area contributed by atoms with Crippen LogP contribution in [0.3, 0.4) is 0 Å². The van der Waals surface area contributed by atoms with Gasteiger partial charge in [0.25, 0.3) is 0 Å². The summed E-state index contributed by atoms with van der Waals surface area (Å²) in [6.45, 7) is 4.05. The molecule has 1 aliphatic heterocycles. The predicted molar refractivity (Wildman–Crippen MR) is 197 cm³/mol. The molecule has 0 amide bonds. The maximum atomic E-state index is 14.2. The Labute approximate surface area is 332 Å². The van der Waals surface area contributed by atoms with E-state index >= 15 is 0 Å². The van der Waals surface area contributed by atoms with Gasteiger partial charge in [-0.15, -0.1) is 4.33 Å². The van der Waals surface area contributed by atoms with Crippen LogP contribution in [0, 0.1) is 63.1 Å². The second-order valence-electron chi connectivity index (χ2n) is 22.1. The molecule has 13 nitrogen and oxygen atoms in total. The van der Waals surface area contributed by atoms with Gasteiger partial charge in [0.1, 0.15) is 19.8 Å². The quantitative estimate of drug-likeness (QED) is 0.0722. The van der Waals surface area contributed by atoms with Crippen molar-refractivity contribution < 1.29 is 62.9 Å². The monoisotopic (exact) mass is 804 g/mol. The van der Waals surface area contributed by atoms with Crippen molar-refractivity contribution in [2.45, 2.75) is 145 Å². The van der Waals surface area contributed by atoms with Gasteiger partial charge in [0.15, 0.2) is 5.79 Å². The normalized spacial score (nSPS) is 50.4. The Hall–Kier alpha value is -1.52. The van der Waals surface area contributed by atoms with Gasteiger partial charge in [-0.2, -0.15) is 0 Å². The summed E-state index contributed by atoms with van der Waals surface area (Å²) in [7, 11) is 0. The molecule has 0 aromatic heterocycles. The standard InChI is InChI=1S/C42H60O13S/c1-35(2,56-55-54-48)20-49-32(43)37-7-25-5-30(16-37)42(31(6-25)17-37)52-23-36(24-53-42,21-50-33(44)38-8-26-3-27(9-38)13-40(46,12-26)18-38)22-51-34(45)39-10-28-4-29(11-39)15-41(47,14-28)19-39/h25-31,46-48H,3-24H2,1-2H3. The summed E-state index contributed by atoms with van der Waals surface area (Å²) in [5, 5.41) is 35.1. The summed E-state index contributed by atoms with van der Waals surface area (Å²) in [6, 6.07) is 0. The average Bonchev–Trinajstić information content (AvgIpc) is 3.11. The van der Waals surface area contributed by atoms with Crippen LogP contribution in [0.2, 0.25) is 0 Å². The number of aliphatic hydroxyl groups is 2. The van der Waals surface area contributed by atoms with Gasteiger partial charge in [-0.1, -0.05) is 5.04 Å². The molecule has 13 rings (SSSR count). The van der Waals surface area contributed by atoms with Crippen LogP contribution in [-0.4, -0.2) is 88.1 Å². The molecule has 0 aromatic carbocycles. The van der Waals surface area contributed by atoms with Crippen LogP contribution in [0.25, 0.3) is 0 Å². The first kappa shape index (κ1) is 38.7. The Morgan fingerprint density at radius 2 is 1.07 bits per heavy atom. The molecule has 312 valence electrons. The molecule has 12 aliphatic carbocycles. The molecule has 14 heteroatoms. The fourth-order valence-corrected chi connectivity index (χ4v) is 16.0. The van der Waals surface area contributed by atoms with Gasteiger partial charge in [-0.05, 0) is 153 Å². The molecule has 6 unspecified atom stereocenters. The molecule has 13 aliphatic rings. The van der Waals surface area contributed by atoms with Gasteiger partial charge < -0.3 is 33.9 Å². The number of hydrogen-bond acceptors (Lipinski definition) is 14. The topological polar surface area (TPSA) is 177 Å². The third-order valence-corrected chi connectivity index (χ3v) is 17.5. The van der Waals surface area contributed by atoms with Crippen molar-refractivity contribution in [1.82, 2.24) is 0 Å². The van der Waals surface area contributed by atoms with Crippen molar-refractivity contribution in [2.24, 2.45) is 63.1 Å². The predicted octanol–water partition coefficient (Wildman–Crippen LogP) is 5.68. The molecule has 12 saturated carbocycles. The largest absolute Gasteiger partial charge is 0.464 e. The zero-order valence-electron chi connectivity index (χ0n) is 32.9. The molecule has 1 heterocycles. The van der Waals surface area contributed by atoms with E-state index in [0.717, 1.165) is 95.5 Å². The molecule has 1 saturated heterocycles. The van der Waals surface area contributed by atoms with E-state index in [2.05, 4.69) is 9.37 Å². The van der Waals surface area contributed by atoms with Crippen molar-refractivity contribution >= 4 is 30.0 Å². The molecule has 13 fully saturated rings. The summed E-state index contributed by atoms with van der Waals surface area (Å²) >= 11 is 0.879. The first-order valence-electron chi connectivity index (χ1n) is 21.4. The second kappa shape index (κ2) is 13.0. The average molecular weight is 805 g/mol. The van der Waals surface area contributed by atoms with Crippen molar-refractivity contribution in [3.8, 4) is 0 Å². The molecule has 6 atom stereocenters. The van der Waals surface area contributed by atoms with E-state index in [1.54, 1.807) is 0 Å². The Kier molecular flexibility index (Phi) is 8.97. The van der Waals surface area contributed by atoms with Gasteiger partial charge >= 0.3 is 17.9 Å². The molecule has 12 bridgehead atoms. The number of esters is 3. The number of ether oxygens (including phenoxy) is 5.